The van der Waals surface area contributed by atoms with E-state index in [1.165, 1.54) is 29.3 Å². The molecule has 14 heteroatoms. The minimum Gasteiger partial charge on any atom is -0.382 e. The third kappa shape index (κ3) is 7.22. The van der Waals surface area contributed by atoms with Gasteiger partial charge in [0.25, 0.3) is 5.91 Å². The summed E-state index contributed by atoms with van der Waals surface area (Å²) in [6.45, 7) is 2.30. The molecule has 2 atom stereocenters. The highest BCUT2D eigenvalue weighted by Gasteiger charge is 2.38. The maximum absolute atomic E-state index is 13.2. The van der Waals surface area contributed by atoms with E-state index in [2.05, 4.69) is 27.6 Å². The smallest absolute Gasteiger partial charge is 0.262 e. The fraction of sp³-hybridized carbons (Fsp3) is 0.333. The summed E-state index contributed by atoms with van der Waals surface area (Å²) in [5.41, 5.74) is -0.00375. The minimum atomic E-state index is -1.38. The van der Waals surface area contributed by atoms with Crippen LogP contribution in [-0.2, 0) is 21.7 Å². The number of nitrogens with zero attached hydrogens (tertiary/aromatic N) is 6. The minimum absolute atomic E-state index is 0.0609. The number of aromatic nitrogens is 3. The number of thioether (sulfide) groups is 1. The molecule has 2 aliphatic rings. The molecular formula is C27H27Cl3N6O3S2. The van der Waals surface area contributed by atoms with Gasteiger partial charge in [0.2, 0.25) is 5.91 Å². The van der Waals surface area contributed by atoms with Crippen molar-refractivity contribution >= 4 is 77.1 Å². The molecule has 3 heterocycles. The van der Waals surface area contributed by atoms with E-state index in [0.29, 0.717) is 51.7 Å². The standard InChI is InChI=1S/C27H27Cl3N6O3S2/c28-19-3-1-18(2-4-19)11-23-25(38)36(26(40)41-23)13-24(37)34-9-7-33(8-10-34)14-27(39,15-35-17-31-16-32-35)21-6-5-20(29)12-22(21)30/h1-6,11-12,16-17,26,39-40H,7-10,13-15H2/b23-11-. The second-order valence-corrected chi connectivity index (χ2v) is 13.1. The number of thiol groups is 1. The van der Waals surface area contributed by atoms with Gasteiger partial charge in [-0.1, -0.05) is 64.8 Å². The highest BCUT2D eigenvalue weighted by atomic mass is 35.5. The zero-order chi connectivity index (χ0) is 29.1. The van der Waals surface area contributed by atoms with E-state index < -0.39 is 10.3 Å². The summed E-state index contributed by atoms with van der Waals surface area (Å²) < 4.78 is 1.10. The maximum atomic E-state index is 13.2. The van der Waals surface area contributed by atoms with Crippen LogP contribution in [-0.4, -0.2) is 90.4 Å². The summed E-state index contributed by atoms with van der Waals surface area (Å²) in [7, 11) is 0. The van der Waals surface area contributed by atoms with E-state index in [0.717, 1.165) is 5.56 Å². The van der Waals surface area contributed by atoms with Crippen molar-refractivity contribution in [2.45, 2.75) is 16.9 Å². The van der Waals surface area contributed by atoms with Gasteiger partial charge in [0, 0.05) is 53.4 Å². The van der Waals surface area contributed by atoms with Crippen molar-refractivity contribution in [3.05, 3.63) is 86.2 Å². The molecule has 0 radical (unpaired) electrons. The molecule has 216 valence electrons. The molecule has 41 heavy (non-hydrogen) atoms. The first kappa shape index (κ1) is 30.2. The number of carbonyl (C=O) groups is 2. The maximum Gasteiger partial charge on any atom is 0.262 e. The zero-order valence-corrected chi connectivity index (χ0v) is 25.7. The van der Waals surface area contributed by atoms with Crippen LogP contribution in [0.2, 0.25) is 15.1 Å². The molecule has 3 aromatic rings. The average molecular weight is 654 g/mol. The monoisotopic (exact) mass is 652 g/mol. The van der Waals surface area contributed by atoms with Gasteiger partial charge in [0.05, 0.1) is 11.4 Å². The van der Waals surface area contributed by atoms with E-state index in [1.807, 2.05) is 12.1 Å². The first-order chi connectivity index (χ1) is 19.6. The summed E-state index contributed by atoms with van der Waals surface area (Å²) in [6.07, 6.45) is 4.72. The van der Waals surface area contributed by atoms with Crippen molar-refractivity contribution in [1.29, 1.82) is 0 Å². The summed E-state index contributed by atoms with van der Waals surface area (Å²) in [6, 6.07) is 12.2. The number of β-amino-alcohol motifs (C(OH)–C–C–N with tert-alkyl or cyclic N) is 1. The Hall–Kier alpha value is -2.25. The van der Waals surface area contributed by atoms with E-state index >= 15 is 0 Å². The number of piperazine rings is 1. The van der Waals surface area contributed by atoms with Gasteiger partial charge in [-0.15, -0.1) is 12.6 Å². The molecule has 0 bridgehead atoms. The van der Waals surface area contributed by atoms with Crippen LogP contribution in [0.5, 0.6) is 0 Å². The lowest BCUT2D eigenvalue weighted by Gasteiger charge is -2.40. The van der Waals surface area contributed by atoms with Crippen molar-refractivity contribution in [3.8, 4) is 0 Å². The van der Waals surface area contributed by atoms with Gasteiger partial charge in [-0.3, -0.25) is 14.5 Å². The molecule has 1 aromatic heterocycles. The van der Waals surface area contributed by atoms with Gasteiger partial charge in [-0.2, -0.15) is 5.10 Å². The van der Waals surface area contributed by atoms with E-state index in [9.17, 15) is 14.7 Å². The summed E-state index contributed by atoms with van der Waals surface area (Å²) in [4.78, 5) is 36.0. The van der Waals surface area contributed by atoms with Crippen LogP contribution in [0.4, 0.5) is 0 Å². The molecule has 0 aliphatic carbocycles. The van der Waals surface area contributed by atoms with Crippen LogP contribution in [0.15, 0.2) is 60.0 Å². The molecule has 2 aliphatic heterocycles. The molecule has 0 saturated carbocycles. The number of rotatable bonds is 8. The number of amides is 2. The van der Waals surface area contributed by atoms with Gasteiger partial charge >= 0.3 is 0 Å². The van der Waals surface area contributed by atoms with Crippen LogP contribution in [0, 0.1) is 0 Å². The fourth-order valence-corrected chi connectivity index (χ4v) is 7.05. The quantitative estimate of drug-likeness (QED) is 0.279. The van der Waals surface area contributed by atoms with E-state index in [-0.39, 0.29) is 31.4 Å². The molecule has 9 nitrogen and oxygen atoms in total. The van der Waals surface area contributed by atoms with Crippen LogP contribution in [0.1, 0.15) is 11.1 Å². The van der Waals surface area contributed by atoms with Crippen LogP contribution >= 0.6 is 59.2 Å². The van der Waals surface area contributed by atoms with Crippen LogP contribution in [0.3, 0.4) is 0 Å². The highest BCUT2D eigenvalue weighted by Crippen LogP contribution is 2.38. The molecule has 0 spiro atoms. The molecule has 2 amide bonds. The first-order valence-electron chi connectivity index (χ1n) is 12.7. The Bertz CT molecular complexity index is 1430. The van der Waals surface area contributed by atoms with Crippen molar-refractivity contribution in [2.24, 2.45) is 0 Å². The van der Waals surface area contributed by atoms with E-state index in [1.54, 1.807) is 46.0 Å². The Morgan fingerprint density at radius 2 is 1.78 bits per heavy atom. The molecule has 2 aromatic carbocycles. The normalized spacial score (nSPS) is 20.6. The summed E-state index contributed by atoms with van der Waals surface area (Å²) >= 11 is 24.4. The van der Waals surface area contributed by atoms with Crippen molar-refractivity contribution in [1.82, 2.24) is 29.5 Å². The number of carbonyl (C=O) groups excluding carboxylic acids is 2. The third-order valence-corrected chi connectivity index (χ3v) is 9.38. The second-order valence-electron chi connectivity index (χ2n) is 9.84. The molecular weight excluding hydrogens is 627 g/mol. The lowest BCUT2D eigenvalue weighted by molar-refractivity contribution is -0.139. The number of halogens is 3. The van der Waals surface area contributed by atoms with Gasteiger partial charge in [0.15, 0.2) is 0 Å². The second kappa shape index (κ2) is 12.9. The molecule has 5 rings (SSSR count). The topological polar surface area (TPSA) is 94.8 Å². The van der Waals surface area contributed by atoms with Crippen molar-refractivity contribution in [3.63, 3.8) is 0 Å². The van der Waals surface area contributed by atoms with Gasteiger partial charge in [0.1, 0.15) is 29.5 Å². The third-order valence-electron chi connectivity index (χ3n) is 6.98. The molecule has 2 saturated heterocycles. The number of benzene rings is 2. The Kier molecular flexibility index (Phi) is 9.54. The van der Waals surface area contributed by atoms with Crippen molar-refractivity contribution in [2.75, 3.05) is 39.3 Å². The Balaban J connectivity index is 1.20. The first-order valence-corrected chi connectivity index (χ1v) is 15.3. The van der Waals surface area contributed by atoms with Crippen LogP contribution in [0.25, 0.3) is 6.08 Å². The van der Waals surface area contributed by atoms with Gasteiger partial charge < -0.3 is 14.9 Å². The molecule has 2 unspecified atom stereocenters. The fourth-order valence-electron chi connectivity index (χ4n) is 4.87. The average Bonchev–Trinajstić information content (AvgIpc) is 3.53. The number of aliphatic hydroxyl groups is 1. The number of hydrogen-bond donors (Lipinski definition) is 2. The summed E-state index contributed by atoms with van der Waals surface area (Å²) in [5.74, 6) is -0.376. The van der Waals surface area contributed by atoms with Gasteiger partial charge in [-0.25, -0.2) is 9.67 Å². The Morgan fingerprint density at radius 1 is 1.07 bits per heavy atom. The predicted molar refractivity (Wildman–Crippen MR) is 165 cm³/mol. The SMILES string of the molecule is O=C(CN1C(=O)/C(=C/c2ccc(Cl)cc2)SC1S)N1CCN(CC(O)(Cn2cncn2)c2ccc(Cl)cc2Cl)CC1. The predicted octanol–water partition coefficient (Wildman–Crippen LogP) is 4.10. The molecule has 2 fully saturated rings. The lowest BCUT2D eigenvalue weighted by atomic mass is 9.92. The molecule has 1 N–H and O–H groups in total. The number of hydrogen-bond acceptors (Lipinski definition) is 8. The Morgan fingerprint density at radius 3 is 2.44 bits per heavy atom. The lowest BCUT2D eigenvalue weighted by Crippen LogP contribution is -2.55. The Labute approximate surface area is 262 Å². The van der Waals surface area contributed by atoms with E-state index in [4.69, 9.17) is 34.8 Å². The summed E-state index contributed by atoms with van der Waals surface area (Å²) in [5, 5.41) is 17.4. The van der Waals surface area contributed by atoms with Gasteiger partial charge in [-0.05, 0) is 35.9 Å². The largest absolute Gasteiger partial charge is 0.382 e. The highest BCUT2D eigenvalue weighted by molar-refractivity contribution is 8.14. The zero-order valence-electron chi connectivity index (χ0n) is 21.7. The van der Waals surface area contributed by atoms with Crippen LogP contribution < -0.4 is 0 Å². The van der Waals surface area contributed by atoms with Crippen molar-refractivity contribution < 1.29 is 14.7 Å².